The van der Waals surface area contributed by atoms with Crippen LogP contribution in [0.5, 0.6) is 0 Å². The van der Waals surface area contributed by atoms with Crippen molar-refractivity contribution >= 4 is 11.8 Å². The first-order valence-electron chi connectivity index (χ1n) is 9.12. The largest absolute Gasteiger partial charge is 0.327 e. The first-order valence-corrected chi connectivity index (χ1v) is 9.12. The van der Waals surface area contributed by atoms with Crippen LogP contribution in [0.25, 0.3) is 11.3 Å². The first-order chi connectivity index (χ1) is 12.6. The van der Waals surface area contributed by atoms with Crippen LogP contribution in [0, 0.1) is 5.92 Å². The highest BCUT2D eigenvalue weighted by Crippen LogP contribution is 2.60. The number of benzene rings is 1. The fourth-order valence-electron chi connectivity index (χ4n) is 4.43. The molecular formula is C20H20N4O2. The summed E-state index contributed by atoms with van der Waals surface area (Å²) in [6.45, 7) is 1.53. The van der Waals surface area contributed by atoms with Gasteiger partial charge in [-0.2, -0.15) is 0 Å². The highest BCUT2D eigenvalue weighted by molar-refractivity contribution is 6.35. The molecule has 2 heterocycles. The lowest BCUT2D eigenvalue weighted by Crippen LogP contribution is -2.73. The summed E-state index contributed by atoms with van der Waals surface area (Å²) in [5.41, 5.74) is 2.51. The average molecular weight is 348 g/mol. The second kappa shape index (κ2) is 5.62. The highest BCUT2D eigenvalue weighted by atomic mass is 16.2. The Labute approximate surface area is 151 Å². The molecule has 6 nitrogen and oxygen atoms in total. The molecule has 4 aliphatic rings. The predicted octanol–water partition coefficient (Wildman–Crippen LogP) is 1.87. The lowest BCUT2D eigenvalue weighted by molar-refractivity contribution is -0.186. The molecule has 0 spiro atoms. The molecule has 6 rings (SSSR count). The van der Waals surface area contributed by atoms with Crippen molar-refractivity contribution in [3.05, 3.63) is 48.4 Å². The van der Waals surface area contributed by atoms with Crippen LogP contribution in [0.2, 0.25) is 0 Å². The maximum absolute atomic E-state index is 12.5. The van der Waals surface area contributed by atoms with Crippen LogP contribution in [-0.2, 0) is 16.1 Å². The Morgan fingerprint density at radius 2 is 1.73 bits per heavy atom. The molecule has 3 aliphatic carbocycles. The molecule has 0 N–H and O–H groups in total. The van der Waals surface area contributed by atoms with Gasteiger partial charge in [0.25, 0.3) is 0 Å². The lowest BCUT2D eigenvalue weighted by Gasteiger charge is -2.66. The summed E-state index contributed by atoms with van der Waals surface area (Å²) in [5, 5.41) is 0. The van der Waals surface area contributed by atoms with Crippen molar-refractivity contribution in [2.75, 3.05) is 13.1 Å². The molecule has 0 unspecified atom stereocenters. The van der Waals surface area contributed by atoms with E-state index in [2.05, 4.69) is 9.97 Å². The van der Waals surface area contributed by atoms with Gasteiger partial charge < -0.3 is 9.80 Å². The standard InChI is InChI=1S/C20H20N4O2/c25-18-19(26)24(20-8-14(9-20)10-20)7-6-23(18)13-16-11-22-17(12-21-16)15-4-2-1-3-5-15/h1-5,11-12,14H,6-10,13H2. The van der Waals surface area contributed by atoms with Crippen LogP contribution in [-0.4, -0.2) is 50.2 Å². The van der Waals surface area contributed by atoms with E-state index in [0.29, 0.717) is 25.3 Å². The number of amides is 2. The van der Waals surface area contributed by atoms with Crippen LogP contribution < -0.4 is 0 Å². The van der Waals surface area contributed by atoms with E-state index in [1.807, 2.05) is 35.2 Å². The van der Waals surface area contributed by atoms with Gasteiger partial charge in [-0.25, -0.2) is 0 Å². The second-order valence-corrected chi connectivity index (χ2v) is 7.65. The maximum Gasteiger partial charge on any atom is 0.312 e. The van der Waals surface area contributed by atoms with E-state index >= 15 is 0 Å². The van der Waals surface area contributed by atoms with Gasteiger partial charge in [0, 0.05) is 24.2 Å². The zero-order valence-electron chi connectivity index (χ0n) is 14.5. The zero-order valence-corrected chi connectivity index (χ0v) is 14.5. The van der Waals surface area contributed by atoms with Crippen molar-refractivity contribution in [1.82, 2.24) is 19.8 Å². The van der Waals surface area contributed by atoms with Gasteiger partial charge >= 0.3 is 11.8 Å². The molecule has 1 aliphatic heterocycles. The summed E-state index contributed by atoms with van der Waals surface area (Å²) < 4.78 is 0. The smallest absolute Gasteiger partial charge is 0.312 e. The molecule has 2 aromatic rings. The van der Waals surface area contributed by atoms with Crippen molar-refractivity contribution in [2.45, 2.75) is 31.3 Å². The Kier molecular flexibility index (Phi) is 3.35. The topological polar surface area (TPSA) is 66.4 Å². The van der Waals surface area contributed by atoms with Crippen molar-refractivity contribution in [2.24, 2.45) is 5.92 Å². The van der Waals surface area contributed by atoms with E-state index in [1.165, 1.54) is 0 Å². The Bertz CT molecular complexity index is 848. The van der Waals surface area contributed by atoms with E-state index in [1.54, 1.807) is 17.3 Å². The van der Waals surface area contributed by atoms with Gasteiger partial charge in [-0.1, -0.05) is 30.3 Å². The number of aromatic nitrogens is 2. The second-order valence-electron chi connectivity index (χ2n) is 7.65. The summed E-state index contributed by atoms with van der Waals surface area (Å²) in [5.74, 6) is 0.0347. The number of rotatable bonds is 4. The van der Waals surface area contributed by atoms with Gasteiger partial charge in [-0.05, 0) is 25.2 Å². The van der Waals surface area contributed by atoms with Crippen molar-refractivity contribution in [3.63, 3.8) is 0 Å². The number of carbonyl (C=O) groups excluding carboxylic acids is 2. The number of piperazine rings is 1. The van der Waals surface area contributed by atoms with Gasteiger partial charge in [0.1, 0.15) is 0 Å². The molecule has 1 aromatic carbocycles. The van der Waals surface area contributed by atoms with Crippen LogP contribution in [0.4, 0.5) is 0 Å². The minimum absolute atomic E-state index is 0.0145. The lowest BCUT2D eigenvalue weighted by atomic mass is 9.49. The summed E-state index contributed by atoms with van der Waals surface area (Å²) in [6.07, 6.45) is 6.65. The number of hydrogen-bond donors (Lipinski definition) is 0. The van der Waals surface area contributed by atoms with Crippen LogP contribution in [0.15, 0.2) is 42.7 Å². The quantitative estimate of drug-likeness (QED) is 0.791. The van der Waals surface area contributed by atoms with E-state index in [4.69, 9.17) is 0 Å². The molecule has 2 amide bonds. The molecule has 3 saturated carbocycles. The summed E-state index contributed by atoms with van der Waals surface area (Å²) in [6, 6.07) is 9.84. The molecule has 0 atom stereocenters. The molecule has 26 heavy (non-hydrogen) atoms. The van der Waals surface area contributed by atoms with Crippen LogP contribution >= 0.6 is 0 Å². The minimum atomic E-state index is -0.407. The Morgan fingerprint density at radius 3 is 2.35 bits per heavy atom. The van der Waals surface area contributed by atoms with Gasteiger partial charge in [0.2, 0.25) is 0 Å². The van der Waals surface area contributed by atoms with E-state index in [-0.39, 0.29) is 11.4 Å². The molecule has 2 bridgehead atoms. The highest BCUT2D eigenvalue weighted by Gasteiger charge is 2.62. The number of hydrogen-bond acceptors (Lipinski definition) is 4. The van der Waals surface area contributed by atoms with Crippen LogP contribution in [0.3, 0.4) is 0 Å². The normalized spacial score (nSPS) is 27.2. The fourth-order valence-corrected chi connectivity index (χ4v) is 4.43. The van der Waals surface area contributed by atoms with E-state index in [9.17, 15) is 9.59 Å². The molecule has 0 radical (unpaired) electrons. The molecule has 132 valence electrons. The monoisotopic (exact) mass is 348 g/mol. The van der Waals surface area contributed by atoms with Gasteiger partial charge in [0.15, 0.2) is 0 Å². The molecular weight excluding hydrogens is 328 g/mol. The van der Waals surface area contributed by atoms with Crippen LogP contribution in [0.1, 0.15) is 25.0 Å². The zero-order chi connectivity index (χ0) is 17.7. The number of nitrogens with zero attached hydrogens (tertiary/aromatic N) is 4. The summed E-state index contributed by atoms with van der Waals surface area (Å²) >= 11 is 0. The molecule has 1 aromatic heterocycles. The van der Waals surface area contributed by atoms with Gasteiger partial charge in [-0.3, -0.25) is 19.6 Å². The molecule has 6 heteroatoms. The number of carbonyl (C=O) groups is 2. The third kappa shape index (κ3) is 2.32. The predicted molar refractivity (Wildman–Crippen MR) is 94.7 cm³/mol. The minimum Gasteiger partial charge on any atom is -0.327 e. The maximum atomic E-state index is 12.5. The third-order valence-electron chi connectivity index (χ3n) is 6.02. The first kappa shape index (κ1) is 15.5. The van der Waals surface area contributed by atoms with Crippen molar-refractivity contribution in [1.29, 1.82) is 0 Å². The summed E-state index contributed by atoms with van der Waals surface area (Å²) in [4.78, 5) is 37.3. The fraction of sp³-hybridized carbons (Fsp3) is 0.400. The third-order valence-corrected chi connectivity index (χ3v) is 6.02. The molecule has 4 fully saturated rings. The Hall–Kier alpha value is -2.76. The van der Waals surface area contributed by atoms with Crippen molar-refractivity contribution in [3.8, 4) is 11.3 Å². The van der Waals surface area contributed by atoms with E-state index < -0.39 is 5.91 Å². The average Bonchev–Trinajstić information content (AvgIpc) is 2.60. The SMILES string of the molecule is O=C1C(=O)N(C23CC(C2)C3)CCN1Cc1cnc(-c2ccccc2)cn1. The van der Waals surface area contributed by atoms with Gasteiger partial charge in [0.05, 0.1) is 30.3 Å². The Morgan fingerprint density at radius 1 is 0.962 bits per heavy atom. The summed E-state index contributed by atoms with van der Waals surface area (Å²) in [7, 11) is 0. The van der Waals surface area contributed by atoms with E-state index in [0.717, 1.165) is 36.4 Å². The van der Waals surface area contributed by atoms with Gasteiger partial charge in [-0.15, -0.1) is 0 Å². The molecule has 1 saturated heterocycles. The van der Waals surface area contributed by atoms with Crippen molar-refractivity contribution < 1.29 is 9.59 Å². The Balaban J connectivity index is 1.26.